The van der Waals surface area contributed by atoms with Crippen LogP contribution in [-0.4, -0.2) is 26.8 Å². The minimum absolute atomic E-state index is 0.0128. The first-order valence-electron chi connectivity index (χ1n) is 9.62. The number of aromatic hydroxyl groups is 1. The average molecular weight is 427 g/mol. The molecule has 0 aliphatic carbocycles. The molecule has 4 rings (SSSR count). The van der Waals surface area contributed by atoms with E-state index in [1.54, 1.807) is 28.8 Å². The molecule has 0 radical (unpaired) electrons. The molecule has 0 saturated heterocycles. The maximum atomic E-state index is 13.1. The molecule has 31 heavy (non-hydrogen) atoms. The Morgan fingerprint density at radius 3 is 2.45 bits per heavy atom. The van der Waals surface area contributed by atoms with Gasteiger partial charge in [0.1, 0.15) is 6.33 Å². The molecule has 0 fully saturated rings. The normalized spacial score (nSPS) is 12.0. The Labute approximate surface area is 176 Å². The molecule has 0 saturated carbocycles. The van der Waals surface area contributed by atoms with E-state index in [1.807, 2.05) is 19.9 Å². The second-order valence-electron chi connectivity index (χ2n) is 7.48. The Balaban J connectivity index is 1.92. The molecule has 4 aromatic rings. The maximum Gasteiger partial charge on any atom is 0.416 e. The highest BCUT2D eigenvalue weighted by Crippen LogP contribution is 2.38. The van der Waals surface area contributed by atoms with Crippen LogP contribution in [0.15, 0.2) is 54.9 Å². The van der Waals surface area contributed by atoms with E-state index in [4.69, 9.17) is 4.74 Å². The summed E-state index contributed by atoms with van der Waals surface area (Å²) in [6, 6.07) is 11.8. The van der Waals surface area contributed by atoms with Crippen LogP contribution < -0.4 is 4.74 Å². The third-order valence-electron chi connectivity index (χ3n) is 5.05. The number of nitrogens with zero attached hydrogens (tertiary/aromatic N) is 3. The Kier molecular flexibility index (Phi) is 5.08. The van der Waals surface area contributed by atoms with Crippen molar-refractivity contribution in [2.24, 2.45) is 0 Å². The van der Waals surface area contributed by atoms with Crippen molar-refractivity contribution in [3.8, 4) is 33.9 Å². The first kappa shape index (κ1) is 20.7. The summed E-state index contributed by atoms with van der Waals surface area (Å²) >= 11 is 0. The SMILES string of the molecule is COc1ccc(-c2c(C(C)C)nn3cnc(-c4cccc(C(F)(F)F)c4)cc23)cc1O. The Morgan fingerprint density at radius 2 is 1.81 bits per heavy atom. The van der Waals surface area contributed by atoms with E-state index in [1.165, 1.54) is 19.5 Å². The van der Waals surface area contributed by atoms with E-state index in [0.717, 1.165) is 29.0 Å². The van der Waals surface area contributed by atoms with Crippen molar-refractivity contribution in [1.29, 1.82) is 0 Å². The molecule has 0 bridgehead atoms. The van der Waals surface area contributed by atoms with Gasteiger partial charge >= 0.3 is 6.18 Å². The predicted octanol–water partition coefficient (Wildman–Crippen LogP) is 5.92. The number of ether oxygens (including phenoxy) is 1. The molecule has 0 unspecified atom stereocenters. The van der Waals surface area contributed by atoms with Gasteiger partial charge in [0.05, 0.1) is 29.6 Å². The quantitative estimate of drug-likeness (QED) is 0.439. The van der Waals surface area contributed by atoms with Crippen LogP contribution in [0.1, 0.15) is 31.0 Å². The smallest absolute Gasteiger partial charge is 0.416 e. The monoisotopic (exact) mass is 427 g/mol. The zero-order chi connectivity index (χ0) is 22.3. The van der Waals surface area contributed by atoms with Crippen LogP contribution in [0.25, 0.3) is 27.9 Å². The van der Waals surface area contributed by atoms with Gasteiger partial charge in [-0.15, -0.1) is 0 Å². The molecule has 1 N–H and O–H groups in total. The van der Waals surface area contributed by atoms with Crippen LogP contribution in [-0.2, 0) is 6.18 Å². The fourth-order valence-electron chi connectivity index (χ4n) is 3.53. The van der Waals surface area contributed by atoms with Gasteiger partial charge in [0, 0.05) is 11.1 Å². The molecule has 0 amide bonds. The molecule has 160 valence electrons. The summed E-state index contributed by atoms with van der Waals surface area (Å²) in [6.45, 7) is 3.99. The number of fused-ring (bicyclic) bond motifs is 1. The van der Waals surface area contributed by atoms with Crippen LogP contribution in [0, 0.1) is 0 Å². The number of hydrogen-bond donors (Lipinski definition) is 1. The third-order valence-corrected chi connectivity index (χ3v) is 5.05. The Morgan fingerprint density at radius 1 is 1.03 bits per heavy atom. The molecule has 0 spiro atoms. The lowest BCUT2D eigenvalue weighted by molar-refractivity contribution is -0.137. The van der Waals surface area contributed by atoms with Gasteiger partial charge in [-0.05, 0) is 41.8 Å². The number of halogens is 3. The van der Waals surface area contributed by atoms with Crippen LogP contribution >= 0.6 is 0 Å². The summed E-state index contributed by atoms with van der Waals surface area (Å²) in [5, 5.41) is 14.9. The summed E-state index contributed by atoms with van der Waals surface area (Å²) < 4.78 is 46.2. The molecule has 0 atom stereocenters. The van der Waals surface area contributed by atoms with Gasteiger partial charge in [-0.1, -0.05) is 32.0 Å². The topological polar surface area (TPSA) is 59.7 Å². The largest absolute Gasteiger partial charge is 0.504 e. The summed E-state index contributed by atoms with van der Waals surface area (Å²) in [4.78, 5) is 4.32. The van der Waals surface area contributed by atoms with Crippen LogP contribution in [0.3, 0.4) is 0 Å². The van der Waals surface area contributed by atoms with Gasteiger partial charge in [0.2, 0.25) is 0 Å². The zero-order valence-electron chi connectivity index (χ0n) is 17.1. The summed E-state index contributed by atoms with van der Waals surface area (Å²) in [6.07, 6.45) is -2.95. The molecule has 2 aromatic heterocycles. The number of aromatic nitrogens is 3. The highest BCUT2D eigenvalue weighted by Gasteiger charge is 2.30. The molecular formula is C23H20F3N3O2. The summed E-state index contributed by atoms with van der Waals surface area (Å²) in [5.74, 6) is 0.398. The second kappa shape index (κ2) is 7.61. The Bertz CT molecular complexity index is 1260. The number of rotatable bonds is 4. The number of benzene rings is 2. The van der Waals surface area contributed by atoms with Crippen molar-refractivity contribution in [3.05, 3.63) is 66.1 Å². The standard InChI is InChI=1S/C23H20F3N3O2/c1-13(2)22-21(15-7-8-20(31-3)19(30)10-15)18-11-17(27-12-29(18)28-22)14-5-4-6-16(9-14)23(24,25)26/h4-13,30H,1-3H3. The van der Waals surface area contributed by atoms with Crippen molar-refractivity contribution in [1.82, 2.24) is 14.6 Å². The summed E-state index contributed by atoms with van der Waals surface area (Å²) in [7, 11) is 1.47. The van der Waals surface area contributed by atoms with Crippen LogP contribution in [0.5, 0.6) is 11.5 Å². The molecule has 8 heteroatoms. The van der Waals surface area contributed by atoms with Crippen molar-refractivity contribution in [2.45, 2.75) is 25.9 Å². The Hall–Kier alpha value is -3.55. The van der Waals surface area contributed by atoms with E-state index < -0.39 is 11.7 Å². The lowest BCUT2D eigenvalue weighted by Crippen LogP contribution is -2.04. The number of methoxy groups -OCH3 is 1. The molecule has 2 aromatic carbocycles. The zero-order valence-corrected chi connectivity index (χ0v) is 17.1. The van der Waals surface area contributed by atoms with Gasteiger partial charge in [-0.25, -0.2) is 9.50 Å². The molecule has 2 heterocycles. The molecule has 0 aliphatic heterocycles. The van der Waals surface area contributed by atoms with E-state index in [9.17, 15) is 18.3 Å². The van der Waals surface area contributed by atoms with Crippen LogP contribution in [0.2, 0.25) is 0 Å². The van der Waals surface area contributed by atoms with Gasteiger partial charge < -0.3 is 9.84 Å². The van der Waals surface area contributed by atoms with Gasteiger partial charge in [0.15, 0.2) is 11.5 Å². The van der Waals surface area contributed by atoms with E-state index in [2.05, 4.69) is 10.1 Å². The van der Waals surface area contributed by atoms with E-state index >= 15 is 0 Å². The first-order chi connectivity index (χ1) is 14.7. The minimum atomic E-state index is -4.44. The second-order valence-corrected chi connectivity index (χ2v) is 7.48. The third kappa shape index (κ3) is 3.81. The first-order valence-corrected chi connectivity index (χ1v) is 9.62. The number of phenols is 1. The fourth-order valence-corrected chi connectivity index (χ4v) is 3.53. The highest BCUT2D eigenvalue weighted by atomic mass is 19.4. The lowest BCUT2D eigenvalue weighted by atomic mass is 9.97. The average Bonchev–Trinajstić information content (AvgIpc) is 3.12. The molecule has 5 nitrogen and oxygen atoms in total. The number of phenolic OH excluding ortho intramolecular Hbond substituents is 1. The fraction of sp³-hybridized carbons (Fsp3) is 0.217. The predicted molar refractivity (Wildman–Crippen MR) is 111 cm³/mol. The van der Waals surface area contributed by atoms with E-state index in [0.29, 0.717) is 22.5 Å². The van der Waals surface area contributed by atoms with E-state index in [-0.39, 0.29) is 11.7 Å². The lowest BCUT2D eigenvalue weighted by Gasteiger charge is -2.10. The van der Waals surface area contributed by atoms with Gasteiger partial charge in [-0.2, -0.15) is 18.3 Å². The number of hydrogen-bond acceptors (Lipinski definition) is 4. The van der Waals surface area contributed by atoms with Crippen molar-refractivity contribution < 1.29 is 23.0 Å². The van der Waals surface area contributed by atoms with Gasteiger partial charge in [-0.3, -0.25) is 0 Å². The molecule has 0 aliphatic rings. The minimum Gasteiger partial charge on any atom is -0.504 e. The number of alkyl halides is 3. The molecular weight excluding hydrogens is 407 g/mol. The highest BCUT2D eigenvalue weighted by molar-refractivity contribution is 5.86. The van der Waals surface area contributed by atoms with Crippen molar-refractivity contribution in [2.75, 3.05) is 7.11 Å². The maximum absolute atomic E-state index is 13.1. The van der Waals surface area contributed by atoms with Crippen molar-refractivity contribution >= 4 is 5.52 Å². The van der Waals surface area contributed by atoms with Crippen molar-refractivity contribution in [3.63, 3.8) is 0 Å². The van der Waals surface area contributed by atoms with Gasteiger partial charge in [0.25, 0.3) is 0 Å². The van der Waals surface area contributed by atoms with Crippen LogP contribution in [0.4, 0.5) is 13.2 Å². The summed E-state index contributed by atoms with van der Waals surface area (Å²) in [5.41, 5.74) is 2.98.